The Balaban J connectivity index is 1.42. The van der Waals surface area contributed by atoms with E-state index < -0.39 is 6.04 Å². The number of halogens is 1. The topological polar surface area (TPSA) is 88.9 Å². The molecular weight excluding hydrogens is 466 g/mol. The van der Waals surface area contributed by atoms with E-state index in [0.29, 0.717) is 21.3 Å². The van der Waals surface area contributed by atoms with Gasteiger partial charge >= 0.3 is 0 Å². The van der Waals surface area contributed by atoms with E-state index in [-0.39, 0.29) is 11.8 Å². The van der Waals surface area contributed by atoms with Crippen LogP contribution < -0.4 is 10.6 Å². The van der Waals surface area contributed by atoms with E-state index in [1.54, 1.807) is 47.3 Å². The summed E-state index contributed by atoms with van der Waals surface area (Å²) in [6, 6.07) is 10.3. The van der Waals surface area contributed by atoms with Gasteiger partial charge in [-0.05, 0) is 56.5 Å². The fraction of sp³-hybridized carbons (Fsp3) is 0.182. The first-order chi connectivity index (χ1) is 15.3. The predicted octanol–water partition coefficient (Wildman–Crippen LogP) is 5.79. The van der Waals surface area contributed by atoms with Gasteiger partial charge in [-0.25, -0.2) is 4.98 Å². The summed E-state index contributed by atoms with van der Waals surface area (Å²) in [6.07, 6.45) is 1.56. The second kappa shape index (κ2) is 9.23. The van der Waals surface area contributed by atoms with Gasteiger partial charge in [0.25, 0.3) is 5.91 Å². The standard InChI is InChI=1S/C22H20ClN5O2S2/c1-12-9-13(2)28(27-12)14(3)20(29)26-17-7-6-15(10-16(17)23)25-21(30)19-11-24-22(32-19)18-5-4-8-31-18/h4-11,14H,1-3H3,(H,25,30)(H,26,29). The molecule has 0 aliphatic rings. The predicted molar refractivity (Wildman–Crippen MR) is 130 cm³/mol. The van der Waals surface area contributed by atoms with Crippen molar-refractivity contribution in [2.45, 2.75) is 26.8 Å². The molecule has 2 N–H and O–H groups in total. The molecule has 0 spiro atoms. The highest BCUT2D eigenvalue weighted by Gasteiger charge is 2.19. The number of nitrogens with one attached hydrogen (secondary N) is 2. The maximum atomic E-state index is 12.7. The molecule has 1 aromatic carbocycles. The zero-order valence-electron chi connectivity index (χ0n) is 17.5. The van der Waals surface area contributed by atoms with Gasteiger partial charge in [0.2, 0.25) is 5.91 Å². The Labute approximate surface area is 198 Å². The molecule has 0 saturated heterocycles. The Kier molecular flexibility index (Phi) is 6.40. The van der Waals surface area contributed by atoms with Crippen LogP contribution in [0.2, 0.25) is 5.02 Å². The van der Waals surface area contributed by atoms with Gasteiger partial charge < -0.3 is 10.6 Å². The van der Waals surface area contributed by atoms with Crippen LogP contribution in [0.25, 0.3) is 9.88 Å². The van der Waals surface area contributed by atoms with Gasteiger partial charge in [-0.15, -0.1) is 22.7 Å². The number of anilines is 2. The van der Waals surface area contributed by atoms with Gasteiger partial charge in [0, 0.05) is 11.4 Å². The average Bonchev–Trinajstić information content (AvgIpc) is 3.50. The van der Waals surface area contributed by atoms with Gasteiger partial charge in [-0.1, -0.05) is 17.7 Å². The third-order valence-corrected chi connectivity index (χ3v) is 7.09. The largest absolute Gasteiger partial charge is 0.323 e. The molecule has 10 heteroatoms. The third kappa shape index (κ3) is 4.74. The molecule has 1 atom stereocenters. The summed E-state index contributed by atoms with van der Waals surface area (Å²) in [5.41, 5.74) is 2.74. The van der Waals surface area contributed by atoms with Crippen LogP contribution in [-0.2, 0) is 4.79 Å². The molecule has 0 bridgehead atoms. The minimum Gasteiger partial charge on any atom is -0.323 e. The lowest BCUT2D eigenvalue weighted by molar-refractivity contribution is -0.119. The van der Waals surface area contributed by atoms with Crippen molar-refractivity contribution in [3.63, 3.8) is 0 Å². The van der Waals surface area contributed by atoms with Gasteiger partial charge in [-0.3, -0.25) is 14.3 Å². The summed E-state index contributed by atoms with van der Waals surface area (Å²) in [6.45, 7) is 5.56. The molecule has 7 nitrogen and oxygen atoms in total. The number of thiazole rings is 1. The number of rotatable bonds is 6. The van der Waals surface area contributed by atoms with Crippen molar-refractivity contribution in [3.05, 3.63) is 69.3 Å². The van der Waals surface area contributed by atoms with Crippen molar-refractivity contribution in [2.75, 3.05) is 10.6 Å². The summed E-state index contributed by atoms with van der Waals surface area (Å²) < 4.78 is 1.67. The second-order valence-corrected chi connectivity index (χ2v) is 9.58. The summed E-state index contributed by atoms with van der Waals surface area (Å²) in [4.78, 5) is 31.1. The number of carbonyl (C=O) groups is 2. The molecule has 0 aliphatic heterocycles. The van der Waals surface area contributed by atoms with E-state index in [2.05, 4.69) is 20.7 Å². The molecule has 32 heavy (non-hydrogen) atoms. The van der Waals surface area contributed by atoms with E-state index in [0.717, 1.165) is 21.3 Å². The maximum absolute atomic E-state index is 12.7. The van der Waals surface area contributed by atoms with Crippen molar-refractivity contribution < 1.29 is 9.59 Å². The first kappa shape index (κ1) is 22.2. The number of nitrogens with zero attached hydrogens (tertiary/aromatic N) is 3. The van der Waals surface area contributed by atoms with Crippen molar-refractivity contribution in [3.8, 4) is 9.88 Å². The van der Waals surface area contributed by atoms with Gasteiger partial charge in [0.05, 0.1) is 27.5 Å². The molecule has 2 amide bonds. The zero-order chi connectivity index (χ0) is 22.8. The lowest BCUT2D eigenvalue weighted by atomic mass is 10.2. The molecular formula is C22H20ClN5O2S2. The van der Waals surface area contributed by atoms with Gasteiger partial charge in [-0.2, -0.15) is 5.10 Å². The first-order valence-corrected chi connectivity index (χ1v) is 11.8. The molecule has 0 fully saturated rings. The first-order valence-electron chi connectivity index (χ1n) is 9.76. The van der Waals surface area contributed by atoms with Crippen LogP contribution in [0.4, 0.5) is 11.4 Å². The molecule has 0 saturated carbocycles. The monoisotopic (exact) mass is 485 g/mol. The van der Waals surface area contributed by atoms with Crippen LogP contribution in [0.3, 0.4) is 0 Å². The highest BCUT2D eigenvalue weighted by molar-refractivity contribution is 7.22. The summed E-state index contributed by atoms with van der Waals surface area (Å²) in [5, 5.41) is 13.1. The molecule has 4 rings (SSSR count). The van der Waals surface area contributed by atoms with Crippen LogP contribution in [0.15, 0.2) is 48.0 Å². The highest BCUT2D eigenvalue weighted by Crippen LogP contribution is 2.30. The summed E-state index contributed by atoms with van der Waals surface area (Å²) in [5.74, 6) is -0.503. The van der Waals surface area contributed by atoms with Crippen molar-refractivity contribution in [2.24, 2.45) is 0 Å². The van der Waals surface area contributed by atoms with Gasteiger partial charge in [0.1, 0.15) is 15.9 Å². The lowest BCUT2D eigenvalue weighted by Crippen LogP contribution is -2.25. The Morgan fingerprint density at radius 1 is 1.16 bits per heavy atom. The van der Waals surface area contributed by atoms with Crippen LogP contribution in [-0.4, -0.2) is 26.6 Å². The minimum absolute atomic E-state index is 0.236. The molecule has 4 aromatic rings. The number of hydrogen-bond acceptors (Lipinski definition) is 6. The molecule has 164 valence electrons. The van der Waals surface area contributed by atoms with Crippen LogP contribution in [0.5, 0.6) is 0 Å². The average molecular weight is 486 g/mol. The normalized spacial score (nSPS) is 11.9. The Bertz CT molecular complexity index is 1280. The zero-order valence-corrected chi connectivity index (χ0v) is 19.9. The maximum Gasteiger partial charge on any atom is 0.267 e. The minimum atomic E-state index is -0.497. The number of hydrogen-bond donors (Lipinski definition) is 2. The Hall–Kier alpha value is -3.01. The van der Waals surface area contributed by atoms with Crippen LogP contribution in [0, 0.1) is 13.8 Å². The number of carbonyl (C=O) groups excluding carboxylic acids is 2. The lowest BCUT2D eigenvalue weighted by Gasteiger charge is -2.15. The van der Waals surface area contributed by atoms with E-state index in [1.807, 2.05) is 37.4 Å². The molecule has 3 heterocycles. The van der Waals surface area contributed by atoms with Crippen molar-refractivity contribution in [1.82, 2.24) is 14.8 Å². The van der Waals surface area contributed by atoms with Crippen LogP contribution in [0.1, 0.15) is 34.0 Å². The molecule has 1 unspecified atom stereocenters. The van der Waals surface area contributed by atoms with Crippen molar-refractivity contribution in [1.29, 1.82) is 0 Å². The fourth-order valence-electron chi connectivity index (χ4n) is 3.17. The van der Waals surface area contributed by atoms with Crippen LogP contribution >= 0.6 is 34.3 Å². The van der Waals surface area contributed by atoms with E-state index in [9.17, 15) is 9.59 Å². The van der Waals surface area contributed by atoms with E-state index >= 15 is 0 Å². The Morgan fingerprint density at radius 3 is 2.62 bits per heavy atom. The quantitative estimate of drug-likeness (QED) is 0.361. The SMILES string of the molecule is Cc1cc(C)n(C(C)C(=O)Nc2ccc(NC(=O)c3cnc(-c4cccs4)s3)cc2Cl)n1. The molecule has 0 aliphatic carbocycles. The number of aromatic nitrogens is 3. The van der Waals surface area contributed by atoms with Crippen molar-refractivity contribution >= 4 is 57.5 Å². The van der Waals surface area contributed by atoms with Gasteiger partial charge in [0.15, 0.2) is 0 Å². The molecule has 3 aromatic heterocycles. The summed E-state index contributed by atoms with van der Waals surface area (Å²) in [7, 11) is 0. The van der Waals surface area contributed by atoms with E-state index in [4.69, 9.17) is 11.6 Å². The second-order valence-electron chi connectivity index (χ2n) is 7.19. The fourth-order valence-corrected chi connectivity index (χ4v) is 5.01. The molecule has 0 radical (unpaired) electrons. The number of aryl methyl sites for hydroxylation is 2. The summed E-state index contributed by atoms with van der Waals surface area (Å²) >= 11 is 9.27. The number of benzene rings is 1. The Morgan fingerprint density at radius 2 is 1.97 bits per heavy atom. The number of amides is 2. The highest BCUT2D eigenvalue weighted by atomic mass is 35.5. The number of thiophene rings is 1. The smallest absolute Gasteiger partial charge is 0.267 e. The van der Waals surface area contributed by atoms with E-state index in [1.165, 1.54) is 11.3 Å². The third-order valence-electron chi connectivity index (χ3n) is 4.74.